The van der Waals surface area contributed by atoms with E-state index in [1.165, 1.54) is 6.07 Å². The van der Waals surface area contributed by atoms with Gasteiger partial charge in [0.1, 0.15) is 11.9 Å². The summed E-state index contributed by atoms with van der Waals surface area (Å²) >= 11 is 0. The highest BCUT2D eigenvalue weighted by atomic mass is 19.2. The van der Waals surface area contributed by atoms with Gasteiger partial charge in [-0.2, -0.15) is 0 Å². The second kappa shape index (κ2) is 8.14. The fraction of sp³-hybridized carbons (Fsp3) is 0.316. The van der Waals surface area contributed by atoms with E-state index in [9.17, 15) is 13.6 Å². The second-order valence-electron chi connectivity index (χ2n) is 5.99. The van der Waals surface area contributed by atoms with Crippen molar-refractivity contribution in [3.05, 3.63) is 65.2 Å². The van der Waals surface area contributed by atoms with Gasteiger partial charge in [-0.25, -0.2) is 13.6 Å². The van der Waals surface area contributed by atoms with Gasteiger partial charge < -0.3 is 19.7 Å². The number of nitrogens with one attached hydrogen (secondary N) is 1. The van der Waals surface area contributed by atoms with E-state index in [4.69, 9.17) is 9.47 Å². The molecule has 26 heavy (non-hydrogen) atoms. The van der Waals surface area contributed by atoms with Crippen LogP contribution >= 0.6 is 0 Å². The molecule has 1 saturated heterocycles. The van der Waals surface area contributed by atoms with Gasteiger partial charge in [0.15, 0.2) is 11.6 Å². The number of rotatable bonds is 4. The standard InChI is InChI=1S/C19H20F2N2O3/c1-25-15-5-2-13(3-6-15)11-22-19(24)23-8-9-26-18(12-23)14-4-7-16(20)17(21)10-14/h2-7,10,18H,8-9,11-12H2,1H3,(H,22,24). The van der Waals surface area contributed by atoms with Crippen LogP contribution in [0.4, 0.5) is 13.6 Å². The van der Waals surface area contributed by atoms with Gasteiger partial charge >= 0.3 is 6.03 Å². The zero-order valence-electron chi connectivity index (χ0n) is 14.4. The van der Waals surface area contributed by atoms with Crippen molar-refractivity contribution < 1.29 is 23.0 Å². The maximum atomic E-state index is 13.4. The van der Waals surface area contributed by atoms with Crippen LogP contribution < -0.4 is 10.1 Å². The molecule has 0 radical (unpaired) electrons. The topological polar surface area (TPSA) is 50.8 Å². The van der Waals surface area contributed by atoms with Gasteiger partial charge in [0.2, 0.25) is 0 Å². The van der Waals surface area contributed by atoms with Crippen LogP contribution in [0.15, 0.2) is 42.5 Å². The Labute approximate surface area is 150 Å². The van der Waals surface area contributed by atoms with E-state index < -0.39 is 17.7 Å². The Hall–Kier alpha value is -2.67. The monoisotopic (exact) mass is 362 g/mol. The van der Waals surface area contributed by atoms with Crippen molar-refractivity contribution in [1.82, 2.24) is 10.2 Å². The highest BCUT2D eigenvalue weighted by Gasteiger charge is 2.26. The third-order valence-corrected chi connectivity index (χ3v) is 4.27. The van der Waals surface area contributed by atoms with Crippen molar-refractivity contribution in [1.29, 1.82) is 0 Å². The molecule has 7 heteroatoms. The van der Waals surface area contributed by atoms with Gasteiger partial charge in [-0.1, -0.05) is 18.2 Å². The van der Waals surface area contributed by atoms with E-state index in [1.807, 2.05) is 24.3 Å². The zero-order chi connectivity index (χ0) is 18.5. The van der Waals surface area contributed by atoms with E-state index in [1.54, 1.807) is 12.0 Å². The molecule has 0 saturated carbocycles. The van der Waals surface area contributed by atoms with Gasteiger partial charge in [0, 0.05) is 13.1 Å². The van der Waals surface area contributed by atoms with Crippen molar-refractivity contribution in [2.75, 3.05) is 26.8 Å². The highest BCUT2D eigenvalue weighted by Crippen LogP contribution is 2.24. The molecule has 1 unspecified atom stereocenters. The first kappa shape index (κ1) is 18.1. The van der Waals surface area contributed by atoms with Crippen molar-refractivity contribution in [2.24, 2.45) is 0 Å². The predicted molar refractivity (Wildman–Crippen MR) is 91.9 cm³/mol. The lowest BCUT2D eigenvalue weighted by atomic mass is 10.1. The Balaban J connectivity index is 1.57. The molecular formula is C19H20F2N2O3. The molecule has 2 aromatic carbocycles. The minimum absolute atomic E-state index is 0.225. The fourth-order valence-electron chi connectivity index (χ4n) is 2.78. The van der Waals surface area contributed by atoms with Gasteiger partial charge in [0.05, 0.1) is 20.3 Å². The maximum absolute atomic E-state index is 13.4. The quantitative estimate of drug-likeness (QED) is 0.908. The number of hydrogen-bond donors (Lipinski definition) is 1. The molecule has 0 spiro atoms. The molecule has 2 amide bonds. The third-order valence-electron chi connectivity index (χ3n) is 4.27. The molecule has 1 aliphatic rings. The molecule has 138 valence electrons. The van der Waals surface area contributed by atoms with Crippen LogP contribution in [0.5, 0.6) is 5.75 Å². The minimum atomic E-state index is -0.924. The lowest BCUT2D eigenvalue weighted by Gasteiger charge is -2.33. The summed E-state index contributed by atoms with van der Waals surface area (Å²) in [6.07, 6.45) is -0.481. The first-order valence-electron chi connectivity index (χ1n) is 8.29. The van der Waals surface area contributed by atoms with Crippen LogP contribution in [-0.2, 0) is 11.3 Å². The van der Waals surface area contributed by atoms with Crippen LogP contribution in [0.25, 0.3) is 0 Å². The third kappa shape index (κ3) is 4.29. The lowest BCUT2D eigenvalue weighted by Crippen LogP contribution is -2.47. The predicted octanol–water partition coefficient (Wildman–Crippen LogP) is 3.26. The summed E-state index contributed by atoms with van der Waals surface area (Å²) in [6.45, 7) is 1.43. The van der Waals surface area contributed by atoms with Gasteiger partial charge in [-0.15, -0.1) is 0 Å². The normalized spacial score (nSPS) is 17.0. The first-order chi connectivity index (χ1) is 12.6. The van der Waals surface area contributed by atoms with Gasteiger partial charge in [0.25, 0.3) is 0 Å². The summed E-state index contributed by atoms with van der Waals surface area (Å²) in [5.74, 6) is -1.08. The van der Waals surface area contributed by atoms with E-state index >= 15 is 0 Å². The fourth-order valence-corrected chi connectivity index (χ4v) is 2.78. The van der Waals surface area contributed by atoms with E-state index in [0.29, 0.717) is 25.3 Å². The second-order valence-corrected chi connectivity index (χ2v) is 5.99. The van der Waals surface area contributed by atoms with Crippen molar-refractivity contribution in [3.8, 4) is 5.75 Å². The molecular weight excluding hydrogens is 342 g/mol. The Morgan fingerprint density at radius 2 is 2.00 bits per heavy atom. The van der Waals surface area contributed by atoms with Gasteiger partial charge in [-0.3, -0.25) is 0 Å². The Morgan fingerprint density at radius 3 is 2.69 bits per heavy atom. The van der Waals surface area contributed by atoms with Crippen LogP contribution in [0.3, 0.4) is 0 Å². The lowest BCUT2D eigenvalue weighted by molar-refractivity contribution is -0.0156. The number of benzene rings is 2. The summed E-state index contributed by atoms with van der Waals surface area (Å²) < 4.78 is 37.2. The Kier molecular flexibility index (Phi) is 5.68. The SMILES string of the molecule is COc1ccc(CNC(=O)N2CCOC(c3ccc(F)c(F)c3)C2)cc1. The maximum Gasteiger partial charge on any atom is 0.317 e. The largest absolute Gasteiger partial charge is 0.497 e. The molecule has 5 nitrogen and oxygen atoms in total. The summed E-state index contributed by atoms with van der Waals surface area (Å²) in [5, 5.41) is 2.86. The number of carbonyl (C=O) groups is 1. The number of nitrogens with zero attached hydrogens (tertiary/aromatic N) is 1. The van der Waals surface area contributed by atoms with Crippen molar-refractivity contribution >= 4 is 6.03 Å². The number of urea groups is 1. The average Bonchev–Trinajstić information content (AvgIpc) is 2.68. The first-order valence-corrected chi connectivity index (χ1v) is 8.29. The van der Waals surface area contributed by atoms with E-state index in [-0.39, 0.29) is 12.6 Å². The number of halogens is 2. The highest BCUT2D eigenvalue weighted by molar-refractivity contribution is 5.74. The van der Waals surface area contributed by atoms with Crippen LogP contribution in [0.2, 0.25) is 0 Å². The summed E-state index contributed by atoms with van der Waals surface area (Å²) in [4.78, 5) is 14.0. The smallest absolute Gasteiger partial charge is 0.317 e. The molecule has 1 atom stereocenters. The number of morpholine rings is 1. The molecule has 1 heterocycles. The molecule has 1 aliphatic heterocycles. The molecule has 0 aromatic heterocycles. The summed E-state index contributed by atoms with van der Waals surface area (Å²) in [7, 11) is 1.60. The molecule has 3 rings (SSSR count). The summed E-state index contributed by atoms with van der Waals surface area (Å²) in [5.41, 5.74) is 1.46. The van der Waals surface area contributed by atoms with Crippen molar-refractivity contribution in [2.45, 2.75) is 12.6 Å². The molecule has 2 aromatic rings. The zero-order valence-corrected chi connectivity index (χ0v) is 14.4. The molecule has 0 bridgehead atoms. The molecule has 1 fully saturated rings. The number of amides is 2. The number of carbonyl (C=O) groups excluding carboxylic acids is 1. The Bertz CT molecular complexity index is 768. The molecule has 1 N–H and O–H groups in total. The minimum Gasteiger partial charge on any atom is -0.497 e. The van der Waals surface area contributed by atoms with Crippen molar-refractivity contribution in [3.63, 3.8) is 0 Å². The average molecular weight is 362 g/mol. The van der Waals surface area contributed by atoms with Crippen LogP contribution in [0, 0.1) is 11.6 Å². The van der Waals surface area contributed by atoms with E-state index in [2.05, 4.69) is 5.32 Å². The number of methoxy groups -OCH3 is 1. The van der Waals surface area contributed by atoms with Gasteiger partial charge in [-0.05, 0) is 35.4 Å². The summed E-state index contributed by atoms with van der Waals surface area (Å²) in [6, 6.07) is 10.8. The van der Waals surface area contributed by atoms with E-state index in [0.717, 1.165) is 23.4 Å². The Morgan fingerprint density at radius 1 is 1.23 bits per heavy atom. The molecule has 0 aliphatic carbocycles. The van der Waals surface area contributed by atoms with Crippen LogP contribution in [0.1, 0.15) is 17.2 Å². The van der Waals surface area contributed by atoms with Crippen LogP contribution in [-0.4, -0.2) is 37.7 Å². The number of ether oxygens (including phenoxy) is 2. The number of hydrogen-bond acceptors (Lipinski definition) is 3.